The number of anilines is 2. The quantitative estimate of drug-likeness (QED) is 0.264. The lowest BCUT2D eigenvalue weighted by molar-refractivity contribution is -0.117. The summed E-state index contributed by atoms with van der Waals surface area (Å²) in [5, 5.41) is 6.31. The number of hydrogen-bond acceptors (Lipinski definition) is 7. The molecule has 2 amide bonds. The van der Waals surface area contributed by atoms with Gasteiger partial charge >= 0.3 is 0 Å². The minimum atomic E-state index is -0.229. The fraction of sp³-hybridized carbons (Fsp3) is 0.179. The van der Waals surface area contributed by atoms with Crippen molar-refractivity contribution in [2.24, 2.45) is 0 Å². The first-order valence-electron chi connectivity index (χ1n) is 11.7. The Morgan fingerprint density at radius 3 is 1.71 bits per heavy atom. The average Bonchev–Trinajstić information content (AvgIpc) is 3.34. The van der Waals surface area contributed by atoms with Gasteiger partial charge in [0.25, 0.3) is 0 Å². The lowest BCUT2D eigenvalue weighted by Gasteiger charge is -2.13. The number of rotatable bonds is 11. The maximum Gasteiger partial charge on any atom is 0.244 e. The molecule has 0 radical (unpaired) electrons. The van der Waals surface area contributed by atoms with E-state index in [9.17, 15) is 9.59 Å². The molecular formula is C28H28N4O5S. The molecule has 9 nitrogen and oxygen atoms in total. The van der Waals surface area contributed by atoms with Crippen molar-refractivity contribution < 1.29 is 23.8 Å². The second kappa shape index (κ2) is 12.7. The van der Waals surface area contributed by atoms with Gasteiger partial charge in [0, 0.05) is 16.9 Å². The molecule has 38 heavy (non-hydrogen) atoms. The van der Waals surface area contributed by atoms with Crippen LogP contribution in [-0.4, -0.2) is 48.4 Å². The highest BCUT2D eigenvalue weighted by molar-refractivity contribution is 7.99. The highest BCUT2D eigenvalue weighted by Crippen LogP contribution is 2.28. The van der Waals surface area contributed by atoms with Crippen LogP contribution in [0.3, 0.4) is 0 Å². The Morgan fingerprint density at radius 1 is 0.737 bits per heavy atom. The van der Waals surface area contributed by atoms with Gasteiger partial charge in [-0.05, 0) is 72.8 Å². The molecule has 4 aromatic rings. The van der Waals surface area contributed by atoms with E-state index in [0.29, 0.717) is 28.0 Å². The number of benzene rings is 3. The molecule has 0 fully saturated rings. The molecule has 1 heterocycles. The van der Waals surface area contributed by atoms with E-state index in [1.54, 1.807) is 80.6 Å². The zero-order valence-electron chi connectivity index (χ0n) is 21.3. The number of imidazole rings is 1. The summed E-state index contributed by atoms with van der Waals surface area (Å²) in [6, 6.07) is 21.7. The molecule has 196 valence electrons. The average molecular weight is 533 g/mol. The number of carbonyl (C=O) groups excluding carboxylic acids is 2. The van der Waals surface area contributed by atoms with Crippen LogP contribution in [0.15, 0.2) is 84.1 Å². The van der Waals surface area contributed by atoms with Gasteiger partial charge < -0.3 is 29.4 Å². The van der Waals surface area contributed by atoms with Crippen LogP contribution >= 0.6 is 11.8 Å². The Bertz CT molecular complexity index is 1370. The Balaban J connectivity index is 1.50. The minimum absolute atomic E-state index is 0.00975. The van der Waals surface area contributed by atoms with Crippen LogP contribution in [0.2, 0.25) is 0 Å². The molecule has 0 spiro atoms. The third kappa shape index (κ3) is 6.86. The third-order valence-electron chi connectivity index (χ3n) is 5.59. The van der Waals surface area contributed by atoms with Crippen molar-refractivity contribution in [1.82, 2.24) is 9.55 Å². The van der Waals surface area contributed by atoms with Gasteiger partial charge in [-0.3, -0.25) is 9.59 Å². The Kier molecular flexibility index (Phi) is 8.89. The highest BCUT2D eigenvalue weighted by atomic mass is 32.2. The second-order valence-electron chi connectivity index (χ2n) is 8.08. The predicted octanol–water partition coefficient (Wildman–Crippen LogP) is 4.95. The summed E-state index contributed by atoms with van der Waals surface area (Å²) in [7, 11) is 4.78. The van der Waals surface area contributed by atoms with Crippen molar-refractivity contribution in [3.63, 3.8) is 0 Å². The van der Waals surface area contributed by atoms with Crippen LogP contribution in [-0.2, 0) is 16.1 Å². The van der Waals surface area contributed by atoms with Crippen molar-refractivity contribution in [1.29, 1.82) is 0 Å². The Hall–Kier alpha value is -4.44. The van der Waals surface area contributed by atoms with Crippen LogP contribution in [0.4, 0.5) is 11.4 Å². The number of thioether (sulfide) groups is 1. The summed E-state index contributed by atoms with van der Waals surface area (Å²) in [6.07, 6.45) is 1.70. The Morgan fingerprint density at radius 2 is 1.21 bits per heavy atom. The zero-order valence-corrected chi connectivity index (χ0v) is 22.1. The van der Waals surface area contributed by atoms with E-state index in [2.05, 4.69) is 15.6 Å². The lowest BCUT2D eigenvalue weighted by atomic mass is 10.1. The molecule has 1 aromatic heterocycles. The van der Waals surface area contributed by atoms with Gasteiger partial charge in [-0.25, -0.2) is 4.98 Å². The molecule has 0 aliphatic carbocycles. The summed E-state index contributed by atoms with van der Waals surface area (Å²) in [6.45, 7) is 0.00975. The summed E-state index contributed by atoms with van der Waals surface area (Å²) in [5.74, 6) is 1.83. The van der Waals surface area contributed by atoms with Crippen LogP contribution < -0.4 is 24.8 Å². The normalized spacial score (nSPS) is 10.5. The summed E-state index contributed by atoms with van der Waals surface area (Å²) in [5.41, 5.74) is 2.92. The summed E-state index contributed by atoms with van der Waals surface area (Å²) >= 11 is 1.25. The number of nitrogens with one attached hydrogen (secondary N) is 2. The number of ether oxygens (including phenoxy) is 3. The SMILES string of the molecule is COc1ccc(NC(=O)CSc2ncc(-c3ccc(OC)cc3)n2CC(=O)Nc2ccc(OC)cc2)cc1. The molecule has 0 aliphatic heterocycles. The van der Waals surface area contributed by atoms with Crippen molar-refractivity contribution in [3.8, 4) is 28.5 Å². The van der Waals surface area contributed by atoms with E-state index in [0.717, 1.165) is 17.0 Å². The fourth-order valence-corrected chi connectivity index (χ4v) is 4.42. The molecule has 0 saturated carbocycles. The number of aromatic nitrogens is 2. The van der Waals surface area contributed by atoms with E-state index in [1.165, 1.54) is 11.8 Å². The molecule has 0 saturated heterocycles. The van der Waals surface area contributed by atoms with Crippen molar-refractivity contribution in [3.05, 3.63) is 79.0 Å². The molecule has 0 bridgehead atoms. The first-order chi connectivity index (χ1) is 18.5. The van der Waals surface area contributed by atoms with Crippen LogP contribution in [0, 0.1) is 0 Å². The standard InChI is InChI=1S/C28H28N4O5S/c1-35-22-10-4-19(5-11-22)25-16-29-28(38-18-27(34)31-21-8-14-24(37-3)15-9-21)32(25)17-26(33)30-20-6-12-23(36-2)13-7-20/h4-16H,17-18H2,1-3H3,(H,30,33)(H,31,34). The summed E-state index contributed by atoms with van der Waals surface area (Å²) in [4.78, 5) is 30.1. The van der Waals surface area contributed by atoms with E-state index in [1.807, 2.05) is 24.3 Å². The molecule has 0 aliphatic rings. The maximum atomic E-state index is 13.0. The maximum absolute atomic E-state index is 13.0. The van der Waals surface area contributed by atoms with Gasteiger partial charge in [0.1, 0.15) is 23.8 Å². The molecule has 4 rings (SSSR count). The van der Waals surface area contributed by atoms with Gasteiger partial charge in [0.05, 0.1) is 39.0 Å². The van der Waals surface area contributed by atoms with Crippen molar-refractivity contribution >= 4 is 35.0 Å². The molecule has 0 atom stereocenters. The first-order valence-corrected chi connectivity index (χ1v) is 12.7. The lowest BCUT2D eigenvalue weighted by Crippen LogP contribution is -2.20. The van der Waals surface area contributed by atoms with Crippen LogP contribution in [0.1, 0.15) is 0 Å². The monoisotopic (exact) mass is 532 g/mol. The van der Waals surface area contributed by atoms with E-state index < -0.39 is 0 Å². The number of amides is 2. The van der Waals surface area contributed by atoms with Crippen LogP contribution in [0.5, 0.6) is 17.2 Å². The van der Waals surface area contributed by atoms with Gasteiger partial charge in [0.2, 0.25) is 11.8 Å². The topological polar surface area (TPSA) is 104 Å². The number of hydrogen-bond donors (Lipinski definition) is 2. The second-order valence-corrected chi connectivity index (χ2v) is 9.03. The van der Waals surface area contributed by atoms with E-state index in [-0.39, 0.29) is 24.1 Å². The summed E-state index contributed by atoms with van der Waals surface area (Å²) < 4.78 is 17.4. The van der Waals surface area contributed by atoms with Gasteiger partial charge in [0.15, 0.2) is 5.16 Å². The third-order valence-corrected chi connectivity index (χ3v) is 6.58. The fourth-order valence-electron chi connectivity index (χ4n) is 3.64. The Labute approximate surface area is 225 Å². The number of methoxy groups -OCH3 is 3. The first kappa shape index (κ1) is 26.6. The molecule has 3 aromatic carbocycles. The van der Waals surface area contributed by atoms with Gasteiger partial charge in [-0.2, -0.15) is 0 Å². The minimum Gasteiger partial charge on any atom is -0.497 e. The van der Waals surface area contributed by atoms with Gasteiger partial charge in [-0.15, -0.1) is 0 Å². The van der Waals surface area contributed by atoms with Crippen molar-refractivity contribution in [2.45, 2.75) is 11.7 Å². The van der Waals surface area contributed by atoms with E-state index >= 15 is 0 Å². The van der Waals surface area contributed by atoms with E-state index in [4.69, 9.17) is 14.2 Å². The van der Waals surface area contributed by atoms with Crippen molar-refractivity contribution in [2.75, 3.05) is 37.7 Å². The zero-order chi connectivity index (χ0) is 26.9. The number of nitrogens with zero attached hydrogens (tertiary/aromatic N) is 2. The van der Waals surface area contributed by atoms with Gasteiger partial charge in [-0.1, -0.05) is 11.8 Å². The molecule has 2 N–H and O–H groups in total. The molecule has 0 unspecified atom stereocenters. The van der Waals surface area contributed by atoms with Crippen LogP contribution in [0.25, 0.3) is 11.3 Å². The highest BCUT2D eigenvalue weighted by Gasteiger charge is 2.17. The largest absolute Gasteiger partial charge is 0.497 e. The molecular weight excluding hydrogens is 504 g/mol. The molecule has 10 heteroatoms. The smallest absolute Gasteiger partial charge is 0.244 e. The number of carbonyl (C=O) groups is 2. The predicted molar refractivity (Wildman–Crippen MR) is 148 cm³/mol.